The van der Waals surface area contributed by atoms with Crippen molar-refractivity contribution in [3.63, 3.8) is 0 Å². The molecule has 2 unspecified atom stereocenters. The Hall–Kier alpha value is -1.73. The van der Waals surface area contributed by atoms with Crippen LogP contribution in [0, 0.1) is 11.8 Å². The molecule has 0 radical (unpaired) electrons. The second-order valence-corrected chi connectivity index (χ2v) is 6.40. The molecule has 19 heavy (non-hydrogen) atoms. The normalized spacial score (nSPS) is 26.3. The van der Waals surface area contributed by atoms with E-state index >= 15 is 0 Å². The number of hydrogen-bond donors (Lipinski definition) is 1. The average Bonchev–Trinajstić information content (AvgIpc) is 2.42. The molecule has 2 aliphatic rings. The summed E-state index contributed by atoms with van der Waals surface area (Å²) in [4.78, 5) is 25.1. The fourth-order valence-electron chi connectivity index (χ4n) is 2.57. The molecule has 0 aromatic heterocycles. The van der Waals surface area contributed by atoms with Gasteiger partial charge in [-0.15, -0.1) is 0 Å². The number of fused-ring (bicyclic) bond motifs is 1. The van der Waals surface area contributed by atoms with Crippen molar-refractivity contribution in [1.29, 1.82) is 0 Å². The Bertz CT molecular complexity index is 643. The van der Waals surface area contributed by atoms with Crippen LogP contribution >= 0.6 is 0 Å². The molecule has 0 spiro atoms. The third-order valence-corrected chi connectivity index (χ3v) is 4.70. The van der Waals surface area contributed by atoms with E-state index in [0.29, 0.717) is 5.69 Å². The number of nitrogens with zero attached hydrogens (tertiary/aromatic N) is 1. The Labute approximate surface area is 110 Å². The highest BCUT2D eigenvalue weighted by atomic mass is 32.2. The van der Waals surface area contributed by atoms with Gasteiger partial charge in [0.1, 0.15) is 0 Å². The Balaban J connectivity index is 1.95. The number of sulfonamides is 1. The zero-order valence-corrected chi connectivity index (χ0v) is 10.8. The summed E-state index contributed by atoms with van der Waals surface area (Å²) in [5.41, 5.74) is 0.400. The molecule has 2 atom stereocenters. The van der Waals surface area contributed by atoms with Gasteiger partial charge in [-0.05, 0) is 37.1 Å². The van der Waals surface area contributed by atoms with Crippen molar-refractivity contribution in [2.24, 2.45) is 17.0 Å². The monoisotopic (exact) mass is 280 g/mol. The number of nitrogens with two attached hydrogens (primary N) is 1. The first-order valence-corrected chi connectivity index (χ1v) is 7.45. The third kappa shape index (κ3) is 1.77. The molecule has 3 rings (SSSR count). The van der Waals surface area contributed by atoms with E-state index in [-0.39, 0.29) is 28.5 Å². The van der Waals surface area contributed by atoms with Gasteiger partial charge in [0, 0.05) is 0 Å². The van der Waals surface area contributed by atoms with E-state index in [1.54, 1.807) is 0 Å². The number of carbonyl (C=O) groups is 2. The highest BCUT2D eigenvalue weighted by Crippen LogP contribution is 2.44. The molecule has 1 heterocycles. The Morgan fingerprint density at radius 2 is 1.47 bits per heavy atom. The van der Waals surface area contributed by atoms with Gasteiger partial charge in [-0.25, -0.2) is 13.6 Å². The van der Waals surface area contributed by atoms with Crippen molar-refractivity contribution in [3.05, 3.63) is 24.3 Å². The standard InChI is InChI=1S/C12H12N2O4S/c13-19(17,18)8-3-1-7(2-4-8)14-11(15)9-5-6-10(9)12(14)16/h1-4,9-10H,5-6H2,(H2,13,17,18). The molecule has 1 aromatic rings. The van der Waals surface area contributed by atoms with E-state index in [2.05, 4.69) is 0 Å². The van der Waals surface area contributed by atoms with Crippen molar-refractivity contribution >= 4 is 27.5 Å². The van der Waals surface area contributed by atoms with E-state index in [1.165, 1.54) is 24.3 Å². The van der Waals surface area contributed by atoms with Gasteiger partial charge in [-0.1, -0.05) is 0 Å². The number of anilines is 1. The van der Waals surface area contributed by atoms with E-state index in [0.717, 1.165) is 17.7 Å². The lowest BCUT2D eigenvalue weighted by atomic mass is 9.76. The molecule has 0 bridgehead atoms. The Morgan fingerprint density at radius 1 is 1.00 bits per heavy atom. The Morgan fingerprint density at radius 3 is 1.84 bits per heavy atom. The first-order valence-electron chi connectivity index (χ1n) is 5.90. The predicted octanol–water partition coefficient (Wildman–Crippen LogP) is 0.233. The molecular formula is C12H12N2O4S. The summed E-state index contributed by atoms with van der Waals surface area (Å²) in [6.45, 7) is 0. The van der Waals surface area contributed by atoms with Crippen LogP contribution in [0.1, 0.15) is 12.8 Å². The summed E-state index contributed by atoms with van der Waals surface area (Å²) in [5.74, 6) is -0.759. The highest BCUT2D eigenvalue weighted by Gasteiger charge is 2.53. The van der Waals surface area contributed by atoms with Crippen LogP contribution in [-0.2, 0) is 19.6 Å². The lowest BCUT2D eigenvalue weighted by Gasteiger charge is -2.23. The fraction of sp³-hybridized carbons (Fsp3) is 0.333. The lowest BCUT2D eigenvalue weighted by molar-refractivity contribution is -0.123. The molecule has 1 aliphatic carbocycles. The molecule has 2 N–H and O–H groups in total. The van der Waals surface area contributed by atoms with Gasteiger partial charge in [0.05, 0.1) is 22.4 Å². The summed E-state index contributed by atoms with van der Waals surface area (Å²) in [6, 6.07) is 5.46. The zero-order valence-electron chi connectivity index (χ0n) is 9.94. The summed E-state index contributed by atoms with van der Waals surface area (Å²) in [7, 11) is -3.77. The zero-order chi connectivity index (χ0) is 13.8. The minimum Gasteiger partial charge on any atom is -0.274 e. The first kappa shape index (κ1) is 12.3. The molecular weight excluding hydrogens is 268 g/mol. The van der Waals surface area contributed by atoms with Gasteiger partial charge in [0.2, 0.25) is 21.8 Å². The molecule has 6 nitrogen and oxygen atoms in total. The number of rotatable bonds is 2. The van der Waals surface area contributed by atoms with Crippen LogP contribution in [0.3, 0.4) is 0 Å². The van der Waals surface area contributed by atoms with Crippen molar-refractivity contribution in [2.45, 2.75) is 17.7 Å². The number of imide groups is 1. The number of hydrogen-bond acceptors (Lipinski definition) is 4. The van der Waals surface area contributed by atoms with Crippen LogP contribution in [0.15, 0.2) is 29.2 Å². The highest BCUT2D eigenvalue weighted by molar-refractivity contribution is 7.89. The van der Waals surface area contributed by atoms with Gasteiger partial charge in [0.15, 0.2) is 0 Å². The number of amides is 2. The molecule has 7 heteroatoms. The first-order chi connectivity index (χ1) is 8.89. The van der Waals surface area contributed by atoms with Gasteiger partial charge in [-0.3, -0.25) is 14.5 Å². The fourth-order valence-corrected chi connectivity index (χ4v) is 3.09. The average molecular weight is 280 g/mol. The van der Waals surface area contributed by atoms with Crippen LogP contribution in [-0.4, -0.2) is 20.2 Å². The van der Waals surface area contributed by atoms with Crippen LogP contribution < -0.4 is 10.0 Å². The molecule has 1 aliphatic heterocycles. The quantitative estimate of drug-likeness (QED) is 0.784. The third-order valence-electron chi connectivity index (χ3n) is 3.77. The summed E-state index contributed by atoms with van der Waals surface area (Å²) in [5, 5.41) is 4.99. The van der Waals surface area contributed by atoms with Crippen LogP contribution in [0.5, 0.6) is 0 Å². The maximum atomic E-state index is 12.0. The predicted molar refractivity (Wildman–Crippen MR) is 66.5 cm³/mol. The van der Waals surface area contributed by atoms with Gasteiger partial charge in [-0.2, -0.15) is 0 Å². The summed E-state index contributed by atoms with van der Waals surface area (Å²) >= 11 is 0. The number of primary sulfonamides is 1. The van der Waals surface area contributed by atoms with Gasteiger partial charge >= 0.3 is 0 Å². The smallest absolute Gasteiger partial charge is 0.238 e. The maximum absolute atomic E-state index is 12.0. The van der Waals surface area contributed by atoms with Crippen LogP contribution in [0.4, 0.5) is 5.69 Å². The van der Waals surface area contributed by atoms with Gasteiger partial charge in [0.25, 0.3) is 0 Å². The Kier molecular flexibility index (Phi) is 2.51. The van der Waals surface area contributed by atoms with Crippen LogP contribution in [0.2, 0.25) is 0 Å². The molecule has 1 saturated carbocycles. The largest absolute Gasteiger partial charge is 0.274 e. The SMILES string of the molecule is NS(=O)(=O)c1ccc(N2C(=O)C3CCC3C2=O)cc1. The van der Waals surface area contributed by atoms with E-state index in [9.17, 15) is 18.0 Å². The van der Waals surface area contributed by atoms with E-state index in [1.807, 2.05) is 0 Å². The second kappa shape index (κ2) is 3.88. The van der Waals surface area contributed by atoms with Crippen molar-refractivity contribution in [3.8, 4) is 0 Å². The topological polar surface area (TPSA) is 97.5 Å². The number of benzene rings is 1. The summed E-state index contributed by atoms with van der Waals surface area (Å²) < 4.78 is 22.3. The number of carbonyl (C=O) groups excluding carboxylic acids is 2. The van der Waals surface area contributed by atoms with Crippen molar-refractivity contribution in [1.82, 2.24) is 0 Å². The van der Waals surface area contributed by atoms with Gasteiger partial charge < -0.3 is 0 Å². The van der Waals surface area contributed by atoms with E-state index in [4.69, 9.17) is 5.14 Å². The molecule has 1 aromatic carbocycles. The lowest BCUT2D eigenvalue weighted by Crippen LogP contribution is -2.30. The minimum absolute atomic E-state index is 0.0432. The van der Waals surface area contributed by atoms with Crippen molar-refractivity contribution in [2.75, 3.05) is 4.90 Å². The maximum Gasteiger partial charge on any atom is 0.238 e. The molecule has 2 amide bonds. The molecule has 1 saturated heterocycles. The minimum atomic E-state index is -3.77. The molecule has 100 valence electrons. The van der Waals surface area contributed by atoms with E-state index < -0.39 is 10.0 Å². The van der Waals surface area contributed by atoms with Crippen LogP contribution in [0.25, 0.3) is 0 Å². The van der Waals surface area contributed by atoms with Crippen molar-refractivity contribution < 1.29 is 18.0 Å². The molecule has 2 fully saturated rings. The summed E-state index contributed by atoms with van der Waals surface area (Å²) in [6.07, 6.45) is 1.50. The second-order valence-electron chi connectivity index (χ2n) is 4.84.